The van der Waals surface area contributed by atoms with Crippen LogP contribution in [0.2, 0.25) is 0 Å². The van der Waals surface area contributed by atoms with Crippen molar-refractivity contribution in [2.75, 3.05) is 32.7 Å². The molecule has 8 nitrogen and oxygen atoms in total. The van der Waals surface area contributed by atoms with Gasteiger partial charge in [-0.1, -0.05) is 15.9 Å². The molecule has 3 rings (SSSR count). The van der Waals surface area contributed by atoms with Gasteiger partial charge in [0.05, 0.1) is 21.2 Å². The molecule has 1 heterocycles. The summed E-state index contributed by atoms with van der Waals surface area (Å²) in [5.74, 6) is -0.192. The average molecular weight is 733 g/mol. The van der Waals surface area contributed by atoms with Crippen LogP contribution in [0, 0.1) is 7.14 Å². The highest BCUT2D eigenvalue weighted by Crippen LogP contribution is 2.25. The van der Waals surface area contributed by atoms with Gasteiger partial charge in [-0.2, -0.15) is 9.41 Å². The molecule has 0 atom stereocenters. The highest BCUT2D eigenvalue weighted by atomic mass is 127. The Labute approximate surface area is 216 Å². The highest BCUT2D eigenvalue weighted by molar-refractivity contribution is 14.1. The molecule has 31 heavy (non-hydrogen) atoms. The molecule has 12 heteroatoms. The number of nitrogens with zero attached hydrogens (tertiary/aromatic N) is 3. The van der Waals surface area contributed by atoms with Crippen LogP contribution < -0.4 is 5.43 Å². The maximum Gasteiger partial charge on any atom is 0.254 e. The number of sulfonamides is 1. The number of piperazine rings is 1. The van der Waals surface area contributed by atoms with E-state index in [0.717, 1.165) is 8.04 Å². The molecule has 0 unspecified atom stereocenters. The minimum absolute atomic E-state index is 0.110. The summed E-state index contributed by atoms with van der Waals surface area (Å²) in [5.41, 5.74) is 2.97. The molecule has 1 aliphatic rings. The lowest BCUT2D eigenvalue weighted by molar-refractivity contribution is -0.122. The van der Waals surface area contributed by atoms with Gasteiger partial charge in [0.25, 0.3) is 5.91 Å². The van der Waals surface area contributed by atoms with Crippen molar-refractivity contribution in [3.63, 3.8) is 0 Å². The predicted octanol–water partition coefficient (Wildman–Crippen LogP) is 2.82. The summed E-state index contributed by atoms with van der Waals surface area (Å²) >= 11 is 7.47. The first-order valence-corrected chi connectivity index (χ1v) is 13.5. The van der Waals surface area contributed by atoms with E-state index in [-0.39, 0.29) is 23.1 Å². The Kier molecular flexibility index (Phi) is 8.71. The van der Waals surface area contributed by atoms with E-state index in [9.17, 15) is 18.3 Å². The van der Waals surface area contributed by atoms with E-state index in [2.05, 4.69) is 49.0 Å². The SMILES string of the molecule is O=C(CN1CCN(S(=O)(=O)c2ccc(Br)cc2)CC1)NN=Cc1cc(I)cc(I)c1O. The second-order valence-corrected chi connectivity index (χ2v) is 12.0. The summed E-state index contributed by atoms with van der Waals surface area (Å²) in [5, 5.41) is 14.0. The molecule has 1 aliphatic heterocycles. The van der Waals surface area contributed by atoms with Crippen molar-refractivity contribution in [1.29, 1.82) is 0 Å². The third-order valence-corrected chi connectivity index (χ3v) is 8.49. The van der Waals surface area contributed by atoms with Crippen LogP contribution in [0.1, 0.15) is 5.56 Å². The minimum atomic E-state index is -3.55. The number of carbonyl (C=O) groups excluding carboxylic acids is 1. The molecule has 2 N–H and O–H groups in total. The van der Waals surface area contributed by atoms with Crippen LogP contribution >= 0.6 is 61.1 Å². The van der Waals surface area contributed by atoms with Gasteiger partial charge in [0.15, 0.2) is 0 Å². The van der Waals surface area contributed by atoms with Gasteiger partial charge in [-0.3, -0.25) is 9.69 Å². The fourth-order valence-corrected chi connectivity index (χ4v) is 6.56. The van der Waals surface area contributed by atoms with Crippen molar-refractivity contribution < 1.29 is 18.3 Å². The fraction of sp³-hybridized carbons (Fsp3) is 0.263. The number of nitrogens with one attached hydrogen (secondary N) is 1. The number of amides is 1. The normalized spacial score (nSPS) is 16.0. The second-order valence-electron chi connectivity index (χ2n) is 6.75. The van der Waals surface area contributed by atoms with Gasteiger partial charge in [-0.05, 0) is 81.6 Å². The number of hydrogen-bond donors (Lipinski definition) is 2. The Bertz CT molecular complexity index is 1090. The van der Waals surface area contributed by atoms with Gasteiger partial charge < -0.3 is 5.11 Å². The molecule has 1 amide bonds. The molecule has 0 bridgehead atoms. The summed E-state index contributed by atoms with van der Waals surface area (Å²) < 4.78 is 29.4. The number of phenolic OH excluding ortho intramolecular Hbond substituents is 1. The van der Waals surface area contributed by atoms with Gasteiger partial charge >= 0.3 is 0 Å². The lowest BCUT2D eigenvalue weighted by Gasteiger charge is -2.33. The molecule has 0 aromatic heterocycles. The molecule has 0 radical (unpaired) electrons. The van der Waals surface area contributed by atoms with E-state index in [4.69, 9.17) is 0 Å². The molecule has 1 fully saturated rings. The van der Waals surface area contributed by atoms with E-state index in [0.29, 0.717) is 35.3 Å². The first-order chi connectivity index (χ1) is 14.7. The molecule has 0 saturated carbocycles. The topological polar surface area (TPSA) is 102 Å². The maximum absolute atomic E-state index is 12.8. The van der Waals surface area contributed by atoms with Crippen LogP contribution in [-0.2, 0) is 14.8 Å². The standard InChI is InChI=1S/C19H19BrI2N4O4S/c20-14-1-3-16(4-2-14)31(29,30)26-7-5-25(6-8-26)12-18(27)24-23-11-13-9-15(21)10-17(22)19(13)28/h1-4,9-11,28H,5-8,12H2,(H,24,27). The maximum atomic E-state index is 12.8. The van der Waals surface area contributed by atoms with E-state index in [1.165, 1.54) is 10.5 Å². The van der Waals surface area contributed by atoms with Crippen molar-refractivity contribution in [1.82, 2.24) is 14.6 Å². The van der Waals surface area contributed by atoms with Crippen molar-refractivity contribution in [2.24, 2.45) is 5.10 Å². The number of hydrazone groups is 1. The van der Waals surface area contributed by atoms with Crippen LogP contribution in [0.5, 0.6) is 5.75 Å². The monoisotopic (exact) mass is 732 g/mol. The molecule has 2 aromatic rings. The van der Waals surface area contributed by atoms with Crippen molar-refractivity contribution in [3.8, 4) is 5.75 Å². The Hall–Kier alpha value is -0.810. The Morgan fingerprint density at radius 3 is 2.45 bits per heavy atom. The largest absolute Gasteiger partial charge is 0.506 e. The van der Waals surface area contributed by atoms with Crippen LogP contribution in [-0.4, -0.2) is 67.6 Å². The quantitative estimate of drug-likeness (QED) is 0.271. The molecule has 166 valence electrons. The highest BCUT2D eigenvalue weighted by Gasteiger charge is 2.28. The number of aromatic hydroxyl groups is 1. The van der Waals surface area contributed by atoms with Crippen molar-refractivity contribution >= 4 is 83.3 Å². The summed E-state index contributed by atoms with van der Waals surface area (Å²) in [6.45, 7) is 1.62. The van der Waals surface area contributed by atoms with Gasteiger partial charge in [0.1, 0.15) is 5.75 Å². The van der Waals surface area contributed by atoms with Crippen molar-refractivity contribution in [2.45, 2.75) is 4.90 Å². The Morgan fingerprint density at radius 2 is 1.81 bits per heavy atom. The summed E-state index contributed by atoms with van der Waals surface area (Å²) in [4.78, 5) is 14.3. The van der Waals surface area contributed by atoms with E-state index in [1.807, 2.05) is 33.6 Å². The van der Waals surface area contributed by atoms with Gasteiger partial charge in [-0.15, -0.1) is 0 Å². The first kappa shape index (κ1) is 24.8. The smallest absolute Gasteiger partial charge is 0.254 e. The third kappa shape index (κ3) is 6.60. The Morgan fingerprint density at radius 1 is 1.16 bits per heavy atom. The fourth-order valence-electron chi connectivity index (χ4n) is 2.98. The number of halogens is 3. The van der Waals surface area contributed by atoms with Gasteiger partial charge in [0, 0.05) is 39.8 Å². The van der Waals surface area contributed by atoms with Crippen LogP contribution in [0.3, 0.4) is 0 Å². The number of rotatable bonds is 6. The van der Waals surface area contributed by atoms with Crippen LogP contribution in [0.25, 0.3) is 0 Å². The third-order valence-electron chi connectivity index (χ3n) is 4.60. The average Bonchev–Trinajstić information content (AvgIpc) is 2.72. The molecule has 1 saturated heterocycles. The first-order valence-electron chi connectivity index (χ1n) is 9.15. The molecular formula is C19H19BrI2N4O4S. The van der Waals surface area contributed by atoms with Crippen LogP contribution in [0.15, 0.2) is 50.9 Å². The zero-order valence-electron chi connectivity index (χ0n) is 16.1. The second kappa shape index (κ2) is 10.9. The molecular weight excluding hydrogens is 714 g/mol. The lowest BCUT2D eigenvalue weighted by atomic mass is 10.2. The zero-order valence-corrected chi connectivity index (χ0v) is 22.9. The zero-order chi connectivity index (χ0) is 22.6. The summed E-state index contributed by atoms with van der Waals surface area (Å²) in [6, 6.07) is 10.1. The van der Waals surface area contributed by atoms with Gasteiger partial charge in [0.2, 0.25) is 10.0 Å². The summed E-state index contributed by atoms with van der Waals surface area (Å²) in [7, 11) is -3.55. The Balaban J connectivity index is 1.50. The van der Waals surface area contributed by atoms with E-state index < -0.39 is 10.0 Å². The van der Waals surface area contributed by atoms with E-state index >= 15 is 0 Å². The molecule has 0 spiro atoms. The number of carbonyl (C=O) groups is 1. The number of phenols is 1. The van der Waals surface area contributed by atoms with Crippen molar-refractivity contribution in [3.05, 3.63) is 53.6 Å². The molecule has 2 aromatic carbocycles. The van der Waals surface area contributed by atoms with Gasteiger partial charge in [-0.25, -0.2) is 13.8 Å². The van der Waals surface area contributed by atoms with E-state index in [1.54, 1.807) is 30.3 Å². The number of hydrogen-bond acceptors (Lipinski definition) is 6. The summed E-state index contributed by atoms with van der Waals surface area (Å²) in [6.07, 6.45) is 1.40. The van der Waals surface area contributed by atoms with Crippen LogP contribution in [0.4, 0.5) is 0 Å². The minimum Gasteiger partial charge on any atom is -0.506 e. The number of benzene rings is 2. The lowest BCUT2D eigenvalue weighted by Crippen LogP contribution is -2.50. The molecule has 0 aliphatic carbocycles. The predicted molar refractivity (Wildman–Crippen MR) is 139 cm³/mol.